The summed E-state index contributed by atoms with van der Waals surface area (Å²) in [7, 11) is 1.28. The van der Waals surface area contributed by atoms with Crippen molar-refractivity contribution in [1.82, 2.24) is 10.2 Å². The molecule has 1 rings (SSSR count). The number of halogens is 1. The van der Waals surface area contributed by atoms with E-state index in [9.17, 15) is 4.79 Å². The number of aromatic nitrogens is 2. The van der Waals surface area contributed by atoms with Crippen molar-refractivity contribution in [1.29, 1.82) is 0 Å². The van der Waals surface area contributed by atoms with Crippen LogP contribution in [-0.2, 0) is 4.74 Å². The number of hydrogen-bond donors (Lipinski definition) is 1. The Hall–Kier alpha value is -1.03. The van der Waals surface area contributed by atoms with Gasteiger partial charge in [-0.1, -0.05) is 11.6 Å². The van der Waals surface area contributed by atoms with Crippen molar-refractivity contribution in [3.63, 3.8) is 0 Å². The van der Waals surface area contributed by atoms with Crippen LogP contribution in [0, 0.1) is 6.92 Å². The third-order valence-corrected chi connectivity index (χ3v) is 1.71. The van der Waals surface area contributed by atoms with Crippen LogP contribution in [0.2, 0.25) is 5.02 Å². The lowest BCUT2D eigenvalue weighted by atomic mass is 10.4. The summed E-state index contributed by atoms with van der Waals surface area (Å²) < 4.78 is 4.42. The summed E-state index contributed by atoms with van der Waals surface area (Å²) in [5.41, 5.74) is 0.790. The Morgan fingerprint density at radius 2 is 2.36 bits per heavy atom. The fraction of sp³-hybridized carbons (Fsp3) is 0.333. The van der Waals surface area contributed by atoms with Gasteiger partial charge in [-0.15, -0.1) is 0 Å². The van der Waals surface area contributed by atoms with E-state index in [-0.39, 0.29) is 5.69 Å². The molecule has 0 atom stereocenters. The third-order valence-electron chi connectivity index (χ3n) is 1.25. The van der Waals surface area contributed by atoms with Crippen molar-refractivity contribution in [2.24, 2.45) is 0 Å². The van der Waals surface area contributed by atoms with E-state index >= 15 is 0 Å². The maximum atomic E-state index is 10.9. The van der Waals surface area contributed by atoms with Crippen molar-refractivity contribution in [3.05, 3.63) is 16.4 Å². The van der Waals surface area contributed by atoms with E-state index in [1.54, 1.807) is 6.92 Å². The van der Waals surface area contributed by atoms with Crippen molar-refractivity contribution in [3.8, 4) is 0 Å². The summed E-state index contributed by atoms with van der Waals surface area (Å²) in [5.74, 6) is -0.528. The molecule has 1 N–H and O–H groups in total. The number of nitrogens with one attached hydrogen (secondary N) is 1. The Kier molecular flexibility index (Phi) is 2.14. The molecule has 0 saturated heterocycles. The van der Waals surface area contributed by atoms with Crippen molar-refractivity contribution >= 4 is 17.6 Å². The number of aryl methyl sites for hydroxylation is 1. The van der Waals surface area contributed by atoms with Gasteiger partial charge in [-0.25, -0.2) is 4.79 Å². The van der Waals surface area contributed by atoms with E-state index in [2.05, 4.69) is 14.9 Å². The molecule has 1 heterocycles. The number of ether oxygens (including phenoxy) is 1. The summed E-state index contributed by atoms with van der Waals surface area (Å²) in [4.78, 5) is 10.9. The van der Waals surface area contributed by atoms with Gasteiger partial charge in [-0.2, -0.15) is 5.10 Å². The average Bonchev–Trinajstić information content (AvgIpc) is 2.32. The highest BCUT2D eigenvalue weighted by Crippen LogP contribution is 2.17. The predicted octanol–water partition coefficient (Wildman–Crippen LogP) is 1.16. The number of aromatic amines is 1. The Morgan fingerprint density at radius 1 is 1.73 bits per heavy atom. The van der Waals surface area contributed by atoms with Gasteiger partial charge in [0.1, 0.15) is 0 Å². The van der Waals surface area contributed by atoms with Gasteiger partial charge >= 0.3 is 5.97 Å². The predicted molar refractivity (Wildman–Crippen MR) is 39.7 cm³/mol. The fourth-order valence-electron chi connectivity index (χ4n) is 0.647. The minimum atomic E-state index is -0.528. The van der Waals surface area contributed by atoms with Gasteiger partial charge in [0.15, 0.2) is 5.69 Å². The summed E-state index contributed by atoms with van der Waals surface area (Å²) in [6.45, 7) is 1.72. The topological polar surface area (TPSA) is 55.0 Å². The normalized spacial score (nSPS) is 9.73. The highest BCUT2D eigenvalue weighted by atomic mass is 35.5. The van der Waals surface area contributed by atoms with Gasteiger partial charge in [0.2, 0.25) is 0 Å². The first kappa shape index (κ1) is 8.07. The standard InChI is InChI=1S/C6H7ClN2O2/c1-3-4(7)5(9-8-3)6(10)11-2/h1-2H3,(H,8,9). The van der Waals surface area contributed by atoms with Crippen LogP contribution in [0.1, 0.15) is 16.2 Å². The highest BCUT2D eigenvalue weighted by molar-refractivity contribution is 6.33. The lowest BCUT2D eigenvalue weighted by Crippen LogP contribution is -2.01. The van der Waals surface area contributed by atoms with Crippen LogP contribution in [0.4, 0.5) is 0 Å². The Bertz CT molecular complexity index is 282. The summed E-state index contributed by atoms with van der Waals surface area (Å²) >= 11 is 5.69. The molecule has 4 nitrogen and oxygen atoms in total. The minimum absolute atomic E-state index is 0.131. The van der Waals surface area contributed by atoms with E-state index < -0.39 is 5.97 Å². The van der Waals surface area contributed by atoms with Crippen LogP contribution >= 0.6 is 11.6 Å². The smallest absolute Gasteiger partial charge is 0.360 e. The second-order valence-corrected chi connectivity index (χ2v) is 2.38. The van der Waals surface area contributed by atoms with E-state index in [0.717, 1.165) is 0 Å². The number of esters is 1. The Morgan fingerprint density at radius 3 is 2.73 bits per heavy atom. The van der Waals surface area contributed by atoms with Crippen LogP contribution in [0.15, 0.2) is 0 Å². The molecule has 0 bridgehead atoms. The fourth-order valence-corrected chi connectivity index (χ4v) is 0.809. The van der Waals surface area contributed by atoms with Crippen molar-refractivity contribution in [2.75, 3.05) is 7.11 Å². The highest BCUT2D eigenvalue weighted by Gasteiger charge is 2.15. The number of H-pyrrole nitrogens is 1. The maximum absolute atomic E-state index is 10.9. The van der Waals surface area contributed by atoms with Gasteiger partial charge in [-0.3, -0.25) is 5.10 Å². The molecule has 0 spiro atoms. The zero-order valence-corrected chi connectivity index (χ0v) is 6.90. The lowest BCUT2D eigenvalue weighted by molar-refractivity contribution is 0.0594. The summed E-state index contributed by atoms with van der Waals surface area (Å²) in [6, 6.07) is 0. The lowest BCUT2D eigenvalue weighted by Gasteiger charge is -1.92. The summed E-state index contributed by atoms with van der Waals surface area (Å²) in [5, 5.41) is 6.54. The first-order chi connectivity index (χ1) is 5.16. The molecule has 0 aliphatic rings. The molecule has 0 radical (unpaired) electrons. The van der Waals surface area contributed by atoms with Crippen LogP contribution < -0.4 is 0 Å². The first-order valence-electron chi connectivity index (χ1n) is 2.95. The molecular weight excluding hydrogens is 168 g/mol. The summed E-state index contributed by atoms with van der Waals surface area (Å²) in [6.07, 6.45) is 0. The van der Waals surface area contributed by atoms with Gasteiger partial charge in [-0.05, 0) is 6.92 Å². The Balaban J connectivity index is 3.04. The van der Waals surface area contributed by atoms with Crippen molar-refractivity contribution in [2.45, 2.75) is 6.92 Å². The van der Waals surface area contributed by atoms with E-state index in [4.69, 9.17) is 11.6 Å². The molecule has 0 saturated carbocycles. The number of carbonyl (C=O) groups is 1. The van der Waals surface area contributed by atoms with Crippen LogP contribution in [0.3, 0.4) is 0 Å². The number of nitrogens with zero attached hydrogens (tertiary/aromatic N) is 1. The quantitative estimate of drug-likeness (QED) is 0.650. The second kappa shape index (κ2) is 2.92. The van der Waals surface area contributed by atoms with Crippen molar-refractivity contribution < 1.29 is 9.53 Å². The minimum Gasteiger partial charge on any atom is -0.464 e. The van der Waals surface area contributed by atoms with E-state index in [1.807, 2.05) is 0 Å². The second-order valence-electron chi connectivity index (χ2n) is 2.00. The molecular formula is C6H7ClN2O2. The largest absolute Gasteiger partial charge is 0.464 e. The SMILES string of the molecule is COC(=O)c1n[nH]c(C)c1Cl. The Labute approximate surface area is 68.5 Å². The zero-order chi connectivity index (χ0) is 8.43. The molecule has 0 amide bonds. The molecule has 11 heavy (non-hydrogen) atoms. The molecule has 0 aromatic carbocycles. The number of rotatable bonds is 1. The third kappa shape index (κ3) is 1.35. The van der Waals surface area contributed by atoms with Crippen LogP contribution in [-0.4, -0.2) is 23.3 Å². The van der Waals surface area contributed by atoms with Gasteiger partial charge in [0.05, 0.1) is 17.8 Å². The molecule has 0 fully saturated rings. The van der Waals surface area contributed by atoms with Gasteiger partial charge in [0, 0.05) is 0 Å². The van der Waals surface area contributed by atoms with Gasteiger partial charge in [0.25, 0.3) is 0 Å². The van der Waals surface area contributed by atoms with E-state index in [0.29, 0.717) is 10.7 Å². The average molecular weight is 175 g/mol. The molecule has 0 unspecified atom stereocenters. The van der Waals surface area contributed by atoms with Crippen LogP contribution in [0.25, 0.3) is 0 Å². The molecule has 1 aromatic rings. The number of methoxy groups -OCH3 is 1. The number of carbonyl (C=O) groups excluding carboxylic acids is 1. The van der Waals surface area contributed by atoms with Gasteiger partial charge < -0.3 is 4.74 Å². The molecule has 0 aliphatic heterocycles. The van der Waals surface area contributed by atoms with E-state index in [1.165, 1.54) is 7.11 Å². The monoisotopic (exact) mass is 174 g/mol. The molecule has 5 heteroatoms. The first-order valence-corrected chi connectivity index (χ1v) is 3.33. The molecule has 0 aliphatic carbocycles. The number of hydrogen-bond acceptors (Lipinski definition) is 3. The molecule has 1 aromatic heterocycles. The zero-order valence-electron chi connectivity index (χ0n) is 6.14. The van der Waals surface area contributed by atoms with Crippen LogP contribution in [0.5, 0.6) is 0 Å². The molecule has 60 valence electrons. The maximum Gasteiger partial charge on any atom is 0.360 e.